The van der Waals surface area contributed by atoms with Gasteiger partial charge in [-0.2, -0.15) is 5.26 Å². The maximum Gasteiger partial charge on any atom is 0.127 e. The number of nitrogens with one attached hydrogen (secondary N) is 1. The zero-order chi connectivity index (χ0) is 14.9. The first kappa shape index (κ1) is 14.4. The van der Waals surface area contributed by atoms with Gasteiger partial charge in [0.25, 0.3) is 0 Å². The van der Waals surface area contributed by atoms with Gasteiger partial charge in [-0.1, -0.05) is 18.2 Å². The lowest BCUT2D eigenvalue weighted by atomic mass is 9.93. The highest BCUT2D eigenvalue weighted by Gasteiger charge is 2.49. The molecule has 2 aliphatic carbocycles. The molecule has 2 saturated carbocycles. The van der Waals surface area contributed by atoms with E-state index in [1.54, 1.807) is 0 Å². The van der Waals surface area contributed by atoms with Crippen LogP contribution in [0, 0.1) is 24.2 Å². The molecule has 0 spiro atoms. The molecule has 3 rings (SSSR count). The molecule has 21 heavy (non-hydrogen) atoms. The first-order valence-corrected chi connectivity index (χ1v) is 8.18. The van der Waals surface area contributed by atoms with Crippen LogP contribution in [-0.4, -0.2) is 24.7 Å². The van der Waals surface area contributed by atoms with Gasteiger partial charge in [-0.25, -0.2) is 0 Å². The van der Waals surface area contributed by atoms with Gasteiger partial charge >= 0.3 is 0 Å². The van der Waals surface area contributed by atoms with Crippen molar-refractivity contribution in [2.45, 2.75) is 51.1 Å². The number of hydrogen-bond acceptors (Lipinski definition) is 3. The predicted molar refractivity (Wildman–Crippen MR) is 86.3 cm³/mol. The molecule has 1 N–H and O–H groups in total. The van der Waals surface area contributed by atoms with Gasteiger partial charge < -0.3 is 4.90 Å². The van der Waals surface area contributed by atoms with Crippen LogP contribution >= 0.6 is 0 Å². The van der Waals surface area contributed by atoms with Crippen LogP contribution in [0.15, 0.2) is 24.3 Å². The molecular formula is C18H25N3. The van der Waals surface area contributed by atoms with Crippen LogP contribution < -0.4 is 10.2 Å². The molecule has 0 aromatic heterocycles. The molecular weight excluding hydrogens is 258 g/mol. The van der Waals surface area contributed by atoms with Gasteiger partial charge in [0.05, 0.1) is 6.07 Å². The van der Waals surface area contributed by atoms with Gasteiger partial charge in [0.1, 0.15) is 5.54 Å². The average molecular weight is 283 g/mol. The second-order valence-electron chi connectivity index (χ2n) is 6.58. The van der Waals surface area contributed by atoms with Crippen LogP contribution in [0.3, 0.4) is 0 Å². The summed E-state index contributed by atoms with van der Waals surface area (Å²) >= 11 is 0. The van der Waals surface area contributed by atoms with Gasteiger partial charge in [0.2, 0.25) is 0 Å². The highest BCUT2D eigenvalue weighted by Crippen LogP contribution is 2.42. The zero-order valence-electron chi connectivity index (χ0n) is 13.1. The van der Waals surface area contributed by atoms with Crippen molar-refractivity contribution in [2.75, 3.05) is 18.0 Å². The monoisotopic (exact) mass is 283 g/mol. The second-order valence-corrected chi connectivity index (χ2v) is 6.58. The number of hydrogen-bond donors (Lipinski definition) is 1. The van der Waals surface area contributed by atoms with E-state index in [4.69, 9.17) is 0 Å². The largest absolute Gasteiger partial charge is 0.369 e. The Balaban J connectivity index is 1.83. The van der Waals surface area contributed by atoms with Crippen LogP contribution in [-0.2, 0) is 0 Å². The maximum atomic E-state index is 9.89. The van der Waals surface area contributed by atoms with Crippen molar-refractivity contribution in [2.24, 2.45) is 5.92 Å². The molecule has 1 unspecified atom stereocenters. The number of para-hydroxylation sites is 1. The topological polar surface area (TPSA) is 39.1 Å². The van der Waals surface area contributed by atoms with Crippen LogP contribution in [0.5, 0.6) is 0 Å². The van der Waals surface area contributed by atoms with Crippen molar-refractivity contribution in [3.05, 3.63) is 29.8 Å². The number of aryl methyl sites for hydroxylation is 1. The smallest absolute Gasteiger partial charge is 0.127 e. The highest BCUT2D eigenvalue weighted by atomic mass is 15.2. The number of rotatable bonds is 7. The minimum Gasteiger partial charge on any atom is -0.369 e. The third-order valence-electron chi connectivity index (χ3n) is 4.79. The van der Waals surface area contributed by atoms with E-state index >= 15 is 0 Å². The molecule has 1 aromatic rings. The molecule has 3 nitrogen and oxygen atoms in total. The van der Waals surface area contributed by atoms with E-state index in [0.717, 1.165) is 13.1 Å². The Hall–Kier alpha value is -1.53. The first-order chi connectivity index (χ1) is 10.2. The molecule has 1 aromatic carbocycles. The number of benzene rings is 1. The average Bonchev–Trinajstić information content (AvgIpc) is 3.38. The molecule has 0 radical (unpaired) electrons. The first-order valence-electron chi connectivity index (χ1n) is 8.18. The van der Waals surface area contributed by atoms with Gasteiger partial charge in [0.15, 0.2) is 0 Å². The van der Waals surface area contributed by atoms with Crippen molar-refractivity contribution >= 4 is 5.69 Å². The number of anilines is 1. The van der Waals surface area contributed by atoms with Crippen molar-refractivity contribution in [3.8, 4) is 6.07 Å². The predicted octanol–water partition coefficient (Wildman–Crippen LogP) is 3.25. The Kier molecular flexibility index (Phi) is 3.91. The Morgan fingerprint density at radius 1 is 1.29 bits per heavy atom. The number of likely N-dealkylation sites (N-methyl/N-ethyl adjacent to an activating group) is 1. The van der Waals surface area contributed by atoms with E-state index in [9.17, 15) is 5.26 Å². The van der Waals surface area contributed by atoms with Gasteiger partial charge in [-0.15, -0.1) is 0 Å². The lowest BCUT2D eigenvalue weighted by Gasteiger charge is -2.36. The summed E-state index contributed by atoms with van der Waals surface area (Å²) in [5.41, 5.74) is 2.19. The molecule has 0 bridgehead atoms. The summed E-state index contributed by atoms with van der Waals surface area (Å²) in [5, 5.41) is 13.6. The minimum atomic E-state index is -0.362. The standard InChI is InChI=1S/C18H25N3/c1-3-21(17-7-5-4-6-14(17)2)13-18(12-19,15-8-9-15)20-16-10-11-16/h4-7,15-16,20H,3,8-11,13H2,1-2H3. The summed E-state index contributed by atoms with van der Waals surface area (Å²) in [6.45, 7) is 6.06. The van der Waals surface area contributed by atoms with E-state index < -0.39 is 0 Å². The van der Waals surface area contributed by atoms with Crippen molar-refractivity contribution in [1.29, 1.82) is 5.26 Å². The van der Waals surface area contributed by atoms with E-state index in [1.807, 2.05) is 0 Å². The van der Waals surface area contributed by atoms with Gasteiger partial charge in [-0.3, -0.25) is 5.32 Å². The van der Waals surface area contributed by atoms with E-state index in [-0.39, 0.29) is 5.54 Å². The summed E-state index contributed by atoms with van der Waals surface area (Å²) in [6.07, 6.45) is 4.84. The highest BCUT2D eigenvalue weighted by molar-refractivity contribution is 5.53. The van der Waals surface area contributed by atoms with Crippen LogP contribution in [0.25, 0.3) is 0 Å². The van der Waals surface area contributed by atoms with Crippen LogP contribution in [0.1, 0.15) is 38.2 Å². The summed E-state index contributed by atoms with van der Waals surface area (Å²) in [6, 6.07) is 11.7. The Bertz CT molecular complexity index is 540. The lowest BCUT2D eigenvalue weighted by Crippen LogP contribution is -2.55. The molecule has 2 aliphatic rings. The molecule has 2 fully saturated rings. The zero-order valence-corrected chi connectivity index (χ0v) is 13.1. The molecule has 112 valence electrons. The fraction of sp³-hybridized carbons (Fsp3) is 0.611. The molecule has 0 saturated heterocycles. The normalized spacial score (nSPS) is 20.6. The fourth-order valence-corrected chi connectivity index (χ4v) is 3.21. The van der Waals surface area contributed by atoms with Crippen molar-refractivity contribution in [1.82, 2.24) is 5.32 Å². The van der Waals surface area contributed by atoms with E-state index in [2.05, 4.69) is 54.4 Å². The van der Waals surface area contributed by atoms with Crippen LogP contribution in [0.2, 0.25) is 0 Å². The number of nitriles is 1. The Labute approximate surface area is 128 Å². The third-order valence-corrected chi connectivity index (χ3v) is 4.79. The second kappa shape index (κ2) is 5.69. The third kappa shape index (κ3) is 3.06. The van der Waals surface area contributed by atoms with Gasteiger partial charge in [0, 0.05) is 24.8 Å². The Morgan fingerprint density at radius 2 is 2.00 bits per heavy atom. The van der Waals surface area contributed by atoms with Crippen molar-refractivity contribution < 1.29 is 0 Å². The number of nitrogens with zero attached hydrogens (tertiary/aromatic N) is 2. The molecule has 0 aliphatic heterocycles. The Morgan fingerprint density at radius 3 is 2.52 bits per heavy atom. The van der Waals surface area contributed by atoms with Crippen molar-refractivity contribution in [3.63, 3.8) is 0 Å². The molecule has 0 heterocycles. The minimum absolute atomic E-state index is 0.362. The fourth-order valence-electron chi connectivity index (χ4n) is 3.21. The summed E-state index contributed by atoms with van der Waals surface area (Å²) in [7, 11) is 0. The summed E-state index contributed by atoms with van der Waals surface area (Å²) in [4.78, 5) is 2.37. The lowest BCUT2D eigenvalue weighted by molar-refractivity contribution is 0.361. The maximum absolute atomic E-state index is 9.89. The van der Waals surface area contributed by atoms with Crippen LogP contribution in [0.4, 0.5) is 5.69 Å². The summed E-state index contributed by atoms with van der Waals surface area (Å²) in [5.74, 6) is 0.529. The SMILES string of the molecule is CCN(CC(C#N)(NC1CC1)C1CC1)c1ccccc1C. The quantitative estimate of drug-likeness (QED) is 0.835. The van der Waals surface area contributed by atoms with Gasteiger partial charge in [-0.05, 0) is 57.1 Å². The summed E-state index contributed by atoms with van der Waals surface area (Å²) < 4.78 is 0. The molecule has 3 heteroatoms. The van der Waals surface area contributed by atoms with E-state index in [1.165, 1.54) is 36.9 Å². The van der Waals surface area contributed by atoms with E-state index in [0.29, 0.717) is 12.0 Å². The molecule has 1 atom stereocenters. The molecule has 0 amide bonds.